The maximum absolute atomic E-state index is 12.1. The van der Waals surface area contributed by atoms with E-state index in [0.29, 0.717) is 6.54 Å². The van der Waals surface area contributed by atoms with Crippen LogP contribution in [0.4, 0.5) is 0 Å². The fourth-order valence-corrected chi connectivity index (χ4v) is 2.85. The van der Waals surface area contributed by atoms with Crippen LogP contribution in [0.25, 0.3) is 0 Å². The van der Waals surface area contributed by atoms with Crippen LogP contribution in [-0.4, -0.2) is 47.2 Å². The topological polar surface area (TPSA) is 101 Å². The van der Waals surface area contributed by atoms with Crippen LogP contribution in [0.1, 0.15) is 6.92 Å². The van der Waals surface area contributed by atoms with Crippen LogP contribution in [-0.2, 0) is 26.2 Å². The zero-order valence-corrected chi connectivity index (χ0v) is 10.5. The van der Waals surface area contributed by atoms with Crippen LogP contribution in [0, 0.1) is 0 Å². The maximum atomic E-state index is 12.1. The number of imidazole rings is 1. The molecule has 2 amide bonds. The fourth-order valence-electron chi connectivity index (χ4n) is 1.56. The summed E-state index contributed by atoms with van der Waals surface area (Å²) < 4.78 is 26.7. The number of hydrogen-bond donors (Lipinski definition) is 1. The summed E-state index contributed by atoms with van der Waals surface area (Å²) >= 11 is 0. The number of amides is 2. The van der Waals surface area contributed by atoms with Gasteiger partial charge in [0.15, 0.2) is 5.03 Å². The predicted octanol–water partition coefficient (Wildman–Crippen LogP) is -1.45. The van der Waals surface area contributed by atoms with E-state index in [1.54, 1.807) is 4.57 Å². The van der Waals surface area contributed by atoms with Crippen LogP contribution in [0.5, 0.6) is 0 Å². The Balaban J connectivity index is 2.30. The van der Waals surface area contributed by atoms with Crippen LogP contribution in [0.2, 0.25) is 0 Å². The van der Waals surface area contributed by atoms with Crippen molar-refractivity contribution in [3.05, 3.63) is 12.5 Å². The summed E-state index contributed by atoms with van der Waals surface area (Å²) in [5.74, 6) is -1.27. The van der Waals surface area contributed by atoms with Gasteiger partial charge < -0.3 is 4.57 Å². The first-order valence-corrected chi connectivity index (χ1v) is 6.72. The van der Waals surface area contributed by atoms with Crippen molar-refractivity contribution in [2.24, 2.45) is 0 Å². The quantitative estimate of drug-likeness (QED) is 0.678. The monoisotopic (exact) mass is 272 g/mol. The first-order chi connectivity index (χ1) is 8.43. The van der Waals surface area contributed by atoms with E-state index in [4.69, 9.17) is 0 Å². The number of rotatable bonds is 3. The molecule has 8 nitrogen and oxygen atoms in total. The molecule has 2 rings (SSSR count). The van der Waals surface area contributed by atoms with Crippen molar-refractivity contribution in [3.63, 3.8) is 0 Å². The number of imide groups is 1. The first kappa shape index (κ1) is 12.7. The SMILES string of the molecule is CCn1cnc(S(=O)(=O)N2CC(=O)NC(=O)C2)c1. The van der Waals surface area contributed by atoms with Crippen molar-refractivity contribution in [1.29, 1.82) is 0 Å². The molecule has 1 aromatic heterocycles. The molecule has 1 aliphatic heterocycles. The molecule has 0 atom stereocenters. The highest BCUT2D eigenvalue weighted by molar-refractivity contribution is 7.89. The molecule has 98 valence electrons. The van der Waals surface area contributed by atoms with Gasteiger partial charge in [0.2, 0.25) is 11.8 Å². The molecule has 1 fully saturated rings. The molecule has 1 aromatic rings. The van der Waals surface area contributed by atoms with Gasteiger partial charge in [-0.25, -0.2) is 13.4 Å². The molecule has 0 spiro atoms. The van der Waals surface area contributed by atoms with Gasteiger partial charge in [0.1, 0.15) is 0 Å². The normalized spacial score (nSPS) is 17.8. The van der Waals surface area contributed by atoms with Crippen molar-refractivity contribution >= 4 is 21.8 Å². The number of carbonyl (C=O) groups excluding carboxylic acids is 2. The van der Waals surface area contributed by atoms with E-state index < -0.39 is 21.8 Å². The van der Waals surface area contributed by atoms with E-state index in [9.17, 15) is 18.0 Å². The van der Waals surface area contributed by atoms with Gasteiger partial charge in [0.25, 0.3) is 10.0 Å². The van der Waals surface area contributed by atoms with Gasteiger partial charge in [-0.3, -0.25) is 14.9 Å². The van der Waals surface area contributed by atoms with Crippen LogP contribution >= 0.6 is 0 Å². The van der Waals surface area contributed by atoms with Gasteiger partial charge in [0.05, 0.1) is 19.4 Å². The number of aromatic nitrogens is 2. The Kier molecular flexibility index (Phi) is 3.18. The molecule has 0 bridgehead atoms. The molecular formula is C9H12N4O4S. The van der Waals surface area contributed by atoms with E-state index in [1.165, 1.54) is 12.5 Å². The molecule has 9 heteroatoms. The van der Waals surface area contributed by atoms with Gasteiger partial charge in [-0.2, -0.15) is 4.31 Å². The second-order valence-corrected chi connectivity index (χ2v) is 5.67. The van der Waals surface area contributed by atoms with Gasteiger partial charge in [-0.15, -0.1) is 0 Å². The van der Waals surface area contributed by atoms with Crippen molar-refractivity contribution in [3.8, 4) is 0 Å². The summed E-state index contributed by atoms with van der Waals surface area (Å²) in [6.45, 7) is 1.69. The standard InChI is InChI=1S/C9H12N4O4S/c1-2-12-5-9(10-6-12)18(16,17)13-3-7(14)11-8(15)4-13/h5-6H,2-4H2,1H3,(H,11,14,15). The average molecular weight is 272 g/mol. The van der Waals surface area contributed by atoms with Gasteiger partial charge >= 0.3 is 0 Å². The van der Waals surface area contributed by atoms with Crippen molar-refractivity contribution in [2.75, 3.05) is 13.1 Å². The third-order valence-corrected chi connectivity index (χ3v) is 4.18. The number of nitrogens with zero attached hydrogens (tertiary/aromatic N) is 3. The van der Waals surface area contributed by atoms with Crippen LogP contribution < -0.4 is 5.32 Å². The Morgan fingerprint density at radius 1 is 1.33 bits per heavy atom. The first-order valence-electron chi connectivity index (χ1n) is 5.28. The number of carbonyl (C=O) groups is 2. The molecule has 0 saturated carbocycles. The van der Waals surface area contributed by atoms with Crippen LogP contribution in [0.3, 0.4) is 0 Å². The lowest BCUT2D eigenvalue weighted by atomic mass is 10.4. The Bertz CT molecular complexity index is 575. The zero-order valence-electron chi connectivity index (χ0n) is 9.66. The molecule has 0 aliphatic carbocycles. The second kappa shape index (κ2) is 4.50. The van der Waals surface area contributed by atoms with E-state index in [1.807, 2.05) is 12.2 Å². The van der Waals surface area contributed by atoms with Crippen molar-refractivity contribution < 1.29 is 18.0 Å². The number of piperazine rings is 1. The highest BCUT2D eigenvalue weighted by atomic mass is 32.2. The van der Waals surface area contributed by atoms with Gasteiger partial charge in [-0.1, -0.05) is 0 Å². The molecule has 1 saturated heterocycles. The number of sulfonamides is 1. The summed E-state index contributed by atoms with van der Waals surface area (Å²) in [6.07, 6.45) is 2.76. The third kappa shape index (κ3) is 2.27. The molecule has 18 heavy (non-hydrogen) atoms. The Hall–Kier alpha value is -1.74. The fraction of sp³-hybridized carbons (Fsp3) is 0.444. The molecule has 1 N–H and O–H groups in total. The Morgan fingerprint density at radius 3 is 2.44 bits per heavy atom. The van der Waals surface area contributed by atoms with Crippen molar-refractivity contribution in [1.82, 2.24) is 19.2 Å². The van der Waals surface area contributed by atoms with Gasteiger partial charge in [0, 0.05) is 12.7 Å². The third-order valence-electron chi connectivity index (χ3n) is 2.50. The molecular weight excluding hydrogens is 260 g/mol. The van der Waals surface area contributed by atoms with E-state index in [0.717, 1.165) is 4.31 Å². The molecule has 0 aromatic carbocycles. The molecule has 0 radical (unpaired) electrons. The lowest BCUT2D eigenvalue weighted by Gasteiger charge is -2.23. The van der Waals surface area contributed by atoms with E-state index >= 15 is 0 Å². The smallest absolute Gasteiger partial charge is 0.263 e. The van der Waals surface area contributed by atoms with Crippen LogP contribution in [0.15, 0.2) is 17.6 Å². The highest BCUT2D eigenvalue weighted by Gasteiger charge is 2.34. The largest absolute Gasteiger partial charge is 0.336 e. The minimum atomic E-state index is -3.90. The summed E-state index contributed by atoms with van der Waals surface area (Å²) in [5, 5.41) is 1.88. The maximum Gasteiger partial charge on any atom is 0.263 e. The molecule has 0 unspecified atom stereocenters. The lowest BCUT2D eigenvalue weighted by Crippen LogP contribution is -2.53. The predicted molar refractivity (Wildman–Crippen MR) is 59.8 cm³/mol. The van der Waals surface area contributed by atoms with E-state index in [-0.39, 0.29) is 18.1 Å². The minimum Gasteiger partial charge on any atom is -0.336 e. The Morgan fingerprint density at radius 2 is 1.94 bits per heavy atom. The summed E-state index contributed by atoms with van der Waals surface area (Å²) in [7, 11) is -3.90. The highest BCUT2D eigenvalue weighted by Crippen LogP contribution is 2.14. The summed E-state index contributed by atoms with van der Waals surface area (Å²) in [4.78, 5) is 26.1. The minimum absolute atomic E-state index is 0.160. The van der Waals surface area contributed by atoms with Gasteiger partial charge in [-0.05, 0) is 6.92 Å². The summed E-state index contributed by atoms with van der Waals surface area (Å²) in [6, 6.07) is 0. The van der Waals surface area contributed by atoms with Crippen molar-refractivity contribution in [2.45, 2.75) is 18.5 Å². The molecule has 1 aliphatic rings. The molecule has 2 heterocycles. The Labute approximate surface area is 104 Å². The number of aryl methyl sites for hydroxylation is 1. The number of nitrogens with one attached hydrogen (secondary N) is 1. The van der Waals surface area contributed by atoms with E-state index in [2.05, 4.69) is 4.98 Å². The average Bonchev–Trinajstić information content (AvgIpc) is 2.76. The zero-order chi connectivity index (χ0) is 13.3. The number of hydrogen-bond acceptors (Lipinski definition) is 5. The lowest BCUT2D eigenvalue weighted by molar-refractivity contribution is -0.134. The second-order valence-electron chi connectivity index (χ2n) is 3.79. The summed E-state index contributed by atoms with van der Waals surface area (Å²) in [5.41, 5.74) is 0.